The number of benzene rings is 1. The van der Waals surface area contributed by atoms with Gasteiger partial charge >= 0.3 is 6.03 Å². The summed E-state index contributed by atoms with van der Waals surface area (Å²) in [6.45, 7) is 2.27. The molecule has 2 aromatic heterocycles. The summed E-state index contributed by atoms with van der Waals surface area (Å²) < 4.78 is 1.72. The number of amides is 2. The molecule has 1 aromatic carbocycles. The number of imidazole rings is 1. The first-order chi connectivity index (χ1) is 10.1. The Morgan fingerprint density at radius 2 is 2.14 bits per heavy atom. The SMILES string of the molecule is Cc1cn2nc(CNC(=O)Nc3ccc(Cl)cc3)sc2n1. The van der Waals surface area contributed by atoms with E-state index in [4.69, 9.17) is 11.6 Å². The van der Waals surface area contributed by atoms with Gasteiger partial charge in [-0.25, -0.2) is 14.3 Å². The average Bonchev–Trinajstić information content (AvgIpc) is 2.96. The quantitative estimate of drug-likeness (QED) is 0.778. The Labute approximate surface area is 129 Å². The maximum absolute atomic E-state index is 11.8. The van der Waals surface area contributed by atoms with Gasteiger partial charge in [-0.1, -0.05) is 22.9 Å². The number of halogens is 1. The second-order valence-electron chi connectivity index (χ2n) is 4.42. The number of aryl methyl sites for hydroxylation is 1. The number of hydrogen-bond acceptors (Lipinski definition) is 4. The monoisotopic (exact) mass is 321 g/mol. The molecular formula is C13H12ClN5OS. The summed E-state index contributed by atoms with van der Waals surface area (Å²) in [7, 11) is 0. The van der Waals surface area contributed by atoms with Gasteiger partial charge in [-0.2, -0.15) is 5.10 Å². The van der Waals surface area contributed by atoms with E-state index in [2.05, 4.69) is 20.7 Å². The highest BCUT2D eigenvalue weighted by atomic mass is 35.5. The van der Waals surface area contributed by atoms with Crippen molar-refractivity contribution >= 4 is 39.6 Å². The molecule has 2 N–H and O–H groups in total. The van der Waals surface area contributed by atoms with Gasteiger partial charge in [-0.05, 0) is 31.2 Å². The first-order valence-corrected chi connectivity index (χ1v) is 7.42. The smallest absolute Gasteiger partial charge is 0.319 e. The highest BCUT2D eigenvalue weighted by molar-refractivity contribution is 7.16. The predicted molar refractivity (Wildman–Crippen MR) is 82.9 cm³/mol. The van der Waals surface area contributed by atoms with Gasteiger partial charge in [0.05, 0.1) is 18.4 Å². The van der Waals surface area contributed by atoms with Gasteiger partial charge in [0, 0.05) is 10.7 Å². The Bertz CT molecular complexity index is 748. The molecule has 0 aliphatic heterocycles. The minimum absolute atomic E-state index is 0.290. The second-order valence-corrected chi connectivity index (χ2v) is 5.90. The molecule has 0 aliphatic carbocycles. The zero-order valence-electron chi connectivity index (χ0n) is 11.1. The Hall–Kier alpha value is -2.12. The molecule has 0 saturated carbocycles. The molecule has 0 fully saturated rings. The number of carbonyl (C=O) groups is 1. The van der Waals surface area contributed by atoms with Crippen molar-refractivity contribution in [3.8, 4) is 0 Å². The van der Waals surface area contributed by atoms with Crippen LogP contribution in [0.25, 0.3) is 4.96 Å². The minimum Gasteiger partial charge on any atom is -0.331 e. The van der Waals surface area contributed by atoms with Crippen LogP contribution in [0.3, 0.4) is 0 Å². The van der Waals surface area contributed by atoms with Gasteiger partial charge in [0.15, 0.2) is 0 Å². The number of carbonyl (C=O) groups excluding carboxylic acids is 1. The van der Waals surface area contributed by atoms with E-state index in [0.717, 1.165) is 15.7 Å². The summed E-state index contributed by atoms with van der Waals surface area (Å²) in [5.41, 5.74) is 1.61. The average molecular weight is 322 g/mol. The zero-order chi connectivity index (χ0) is 14.8. The van der Waals surface area contributed by atoms with E-state index in [-0.39, 0.29) is 6.03 Å². The van der Waals surface area contributed by atoms with Crippen LogP contribution in [-0.2, 0) is 6.54 Å². The van der Waals surface area contributed by atoms with Crippen LogP contribution in [0.4, 0.5) is 10.5 Å². The van der Waals surface area contributed by atoms with Gasteiger partial charge < -0.3 is 10.6 Å². The van der Waals surface area contributed by atoms with Crippen molar-refractivity contribution < 1.29 is 4.79 Å². The summed E-state index contributed by atoms with van der Waals surface area (Å²) in [4.78, 5) is 16.9. The van der Waals surface area contributed by atoms with E-state index in [1.807, 2.05) is 13.1 Å². The van der Waals surface area contributed by atoms with Crippen molar-refractivity contribution in [2.24, 2.45) is 0 Å². The molecule has 0 unspecified atom stereocenters. The third-order valence-electron chi connectivity index (χ3n) is 2.71. The molecule has 21 heavy (non-hydrogen) atoms. The van der Waals surface area contributed by atoms with E-state index < -0.39 is 0 Å². The van der Waals surface area contributed by atoms with Gasteiger partial charge in [-0.3, -0.25) is 0 Å². The third kappa shape index (κ3) is 3.32. The van der Waals surface area contributed by atoms with Crippen LogP contribution in [0, 0.1) is 6.92 Å². The third-order valence-corrected chi connectivity index (χ3v) is 3.88. The maximum Gasteiger partial charge on any atom is 0.319 e. The fourth-order valence-electron chi connectivity index (χ4n) is 1.79. The highest BCUT2D eigenvalue weighted by Crippen LogP contribution is 2.15. The second kappa shape index (κ2) is 5.71. The minimum atomic E-state index is -0.290. The molecule has 3 rings (SSSR count). The van der Waals surface area contributed by atoms with Crippen LogP contribution in [-0.4, -0.2) is 20.6 Å². The van der Waals surface area contributed by atoms with E-state index in [0.29, 0.717) is 17.3 Å². The van der Waals surface area contributed by atoms with Crippen LogP contribution < -0.4 is 10.6 Å². The van der Waals surface area contributed by atoms with Gasteiger partial charge in [0.1, 0.15) is 5.01 Å². The van der Waals surface area contributed by atoms with Crippen LogP contribution in [0.1, 0.15) is 10.7 Å². The number of anilines is 1. The summed E-state index contributed by atoms with van der Waals surface area (Å²) in [6.07, 6.45) is 1.85. The molecule has 2 amide bonds. The number of nitrogens with one attached hydrogen (secondary N) is 2. The molecule has 108 valence electrons. The highest BCUT2D eigenvalue weighted by Gasteiger charge is 2.08. The molecule has 8 heteroatoms. The first-order valence-electron chi connectivity index (χ1n) is 6.22. The normalized spacial score (nSPS) is 10.8. The van der Waals surface area contributed by atoms with Crippen molar-refractivity contribution in [1.82, 2.24) is 19.9 Å². The molecule has 0 radical (unpaired) electrons. The zero-order valence-corrected chi connectivity index (χ0v) is 12.7. The Kier molecular flexibility index (Phi) is 3.76. The number of nitrogens with zero attached hydrogens (tertiary/aromatic N) is 3. The lowest BCUT2D eigenvalue weighted by atomic mass is 10.3. The number of fused-ring (bicyclic) bond motifs is 1. The van der Waals surface area contributed by atoms with Crippen LogP contribution in [0.2, 0.25) is 5.02 Å². The molecule has 0 saturated heterocycles. The lowest BCUT2D eigenvalue weighted by Crippen LogP contribution is -2.28. The van der Waals surface area contributed by atoms with Crippen LogP contribution in [0.15, 0.2) is 30.5 Å². The number of aromatic nitrogens is 3. The topological polar surface area (TPSA) is 71.3 Å². The summed E-state index contributed by atoms with van der Waals surface area (Å²) in [6, 6.07) is 6.62. The number of rotatable bonds is 3. The van der Waals surface area contributed by atoms with Crippen LogP contribution >= 0.6 is 22.9 Å². The number of urea groups is 1. The number of hydrogen-bond donors (Lipinski definition) is 2. The fraction of sp³-hybridized carbons (Fsp3) is 0.154. The molecule has 0 aliphatic rings. The van der Waals surface area contributed by atoms with Crippen molar-refractivity contribution in [2.45, 2.75) is 13.5 Å². The van der Waals surface area contributed by atoms with E-state index in [9.17, 15) is 4.79 Å². The lowest BCUT2D eigenvalue weighted by molar-refractivity contribution is 0.251. The molecule has 0 spiro atoms. The Morgan fingerprint density at radius 3 is 2.86 bits per heavy atom. The van der Waals surface area contributed by atoms with Gasteiger partial charge in [-0.15, -0.1) is 0 Å². The molecule has 0 atom stereocenters. The maximum atomic E-state index is 11.8. The van der Waals surface area contributed by atoms with Crippen molar-refractivity contribution in [2.75, 3.05) is 5.32 Å². The van der Waals surface area contributed by atoms with Gasteiger partial charge in [0.2, 0.25) is 4.96 Å². The summed E-state index contributed by atoms with van der Waals surface area (Å²) in [5, 5.41) is 11.2. The fourth-order valence-corrected chi connectivity index (χ4v) is 2.77. The first kappa shape index (κ1) is 13.8. The largest absolute Gasteiger partial charge is 0.331 e. The molecule has 0 bridgehead atoms. The Balaban J connectivity index is 1.57. The van der Waals surface area contributed by atoms with Crippen molar-refractivity contribution in [1.29, 1.82) is 0 Å². The molecule has 2 heterocycles. The van der Waals surface area contributed by atoms with E-state index in [1.54, 1.807) is 28.8 Å². The van der Waals surface area contributed by atoms with Crippen molar-refractivity contribution in [3.63, 3.8) is 0 Å². The van der Waals surface area contributed by atoms with Crippen molar-refractivity contribution in [3.05, 3.63) is 46.2 Å². The summed E-state index contributed by atoms with van der Waals surface area (Å²) in [5.74, 6) is 0. The van der Waals surface area contributed by atoms with Crippen LogP contribution in [0.5, 0.6) is 0 Å². The standard InChI is InChI=1S/C13H12ClN5OS/c1-8-7-19-13(16-8)21-11(18-19)6-15-12(20)17-10-4-2-9(14)3-5-10/h2-5,7H,6H2,1H3,(H2,15,17,20). The van der Waals surface area contributed by atoms with E-state index >= 15 is 0 Å². The predicted octanol–water partition coefficient (Wildman–Crippen LogP) is 3.07. The molecular weight excluding hydrogens is 310 g/mol. The molecule has 3 aromatic rings. The van der Waals surface area contributed by atoms with E-state index in [1.165, 1.54) is 11.3 Å². The lowest BCUT2D eigenvalue weighted by Gasteiger charge is -2.05. The summed E-state index contributed by atoms with van der Waals surface area (Å²) >= 11 is 7.23. The van der Waals surface area contributed by atoms with Gasteiger partial charge in [0.25, 0.3) is 0 Å². The molecule has 6 nitrogen and oxygen atoms in total. The Morgan fingerprint density at radius 1 is 1.38 bits per heavy atom.